The van der Waals surface area contributed by atoms with Crippen molar-refractivity contribution < 1.29 is 111 Å². The van der Waals surface area contributed by atoms with Crippen LogP contribution in [0.2, 0.25) is 0 Å². The van der Waals surface area contributed by atoms with Crippen molar-refractivity contribution in [3.05, 3.63) is 103 Å². The molecule has 0 atom stereocenters. The molecule has 0 bridgehead atoms. The van der Waals surface area contributed by atoms with E-state index in [0.717, 1.165) is 16.3 Å². The fourth-order valence-corrected chi connectivity index (χ4v) is 6.64. The van der Waals surface area contributed by atoms with E-state index < -0.39 is 117 Å². The van der Waals surface area contributed by atoms with Gasteiger partial charge in [0, 0.05) is 31.0 Å². The van der Waals surface area contributed by atoms with Crippen molar-refractivity contribution in [1.29, 1.82) is 0 Å². The van der Waals surface area contributed by atoms with Crippen molar-refractivity contribution in [2.45, 2.75) is 145 Å². The summed E-state index contributed by atoms with van der Waals surface area (Å²) in [5, 5.41) is 3.03. The lowest BCUT2D eigenvalue weighted by Crippen LogP contribution is -2.28. The lowest BCUT2D eigenvalue weighted by Gasteiger charge is -2.21. The van der Waals surface area contributed by atoms with Gasteiger partial charge in [-0.3, -0.25) is 14.4 Å². The first-order chi connectivity index (χ1) is 40.3. The molecule has 0 spiro atoms. The highest BCUT2D eigenvalue weighted by Gasteiger charge is 2.43. The van der Waals surface area contributed by atoms with Gasteiger partial charge in [-0.2, -0.15) is 13.2 Å². The second-order valence-corrected chi connectivity index (χ2v) is 22.3. The van der Waals surface area contributed by atoms with E-state index in [1.165, 1.54) is 24.3 Å². The summed E-state index contributed by atoms with van der Waals surface area (Å²) in [7, 11) is 0. The van der Waals surface area contributed by atoms with Crippen LogP contribution in [0.1, 0.15) is 120 Å². The molecule has 0 unspecified atom stereocenters. The second-order valence-electron chi connectivity index (χ2n) is 22.3. The molecular weight excluding hydrogens is 1170 g/mol. The first kappa shape index (κ1) is 73.5. The zero-order valence-corrected chi connectivity index (χ0v) is 50.5. The maximum atomic E-state index is 13.1. The van der Waals surface area contributed by atoms with E-state index in [0.29, 0.717) is 66.9 Å². The minimum absolute atomic E-state index is 0.185. The fourth-order valence-electron chi connectivity index (χ4n) is 6.64. The molecular formula is C63H75F9O15. The molecule has 0 saturated heterocycles. The molecule has 0 heterocycles. The molecule has 0 N–H and O–H groups in total. The zero-order chi connectivity index (χ0) is 65.6. The number of fused-ring (bicyclic) bond motifs is 2. The molecule has 87 heavy (non-hydrogen) atoms. The van der Waals surface area contributed by atoms with Crippen LogP contribution >= 0.6 is 0 Å². The smallest absolute Gasteiger partial charge is 0.394 e. The van der Waals surface area contributed by atoms with Crippen molar-refractivity contribution >= 4 is 57.4 Å². The summed E-state index contributed by atoms with van der Waals surface area (Å²) in [6.07, 6.45) is -6.70. The summed E-state index contributed by atoms with van der Waals surface area (Å²) in [5.74, 6) is -11.9. The Morgan fingerprint density at radius 3 is 1.40 bits per heavy atom. The van der Waals surface area contributed by atoms with E-state index in [-0.39, 0.29) is 30.3 Å². The van der Waals surface area contributed by atoms with Crippen molar-refractivity contribution in [1.82, 2.24) is 0 Å². The van der Waals surface area contributed by atoms with Gasteiger partial charge < -0.3 is 42.6 Å². The van der Waals surface area contributed by atoms with Crippen molar-refractivity contribution in [2.24, 2.45) is 16.2 Å². The summed E-state index contributed by atoms with van der Waals surface area (Å²) in [5.41, 5.74) is -0.913. The Morgan fingerprint density at radius 2 is 0.874 bits per heavy atom. The molecule has 0 aliphatic heterocycles. The number of rotatable bonds is 28. The van der Waals surface area contributed by atoms with Crippen molar-refractivity contribution in [3.63, 3.8) is 0 Å². The van der Waals surface area contributed by atoms with E-state index in [1.54, 1.807) is 82.3 Å². The third-order valence-corrected chi connectivity index (χ3v) is 13.1. The van der Waals surface area contributed by atoms with Gasteiger partial charge in [-0.05, 0) is 138 Å². The Morgan fingerprint density at radius 1 is 0.437 bits per heavy atom. The first-order valence-corrected chi connectivity index (χ1v) is 27.6. The molecule has 480 valence electrons. The van der Waals surface area contributed by atoms with Gasteiger partial charge in [0.2, 0.25) is 0 Å². The number of halogens is 9. The van der Waals surface area contributed by atoms with Crippen molar-refractivity contribution in [3.8, 4) is 28.7 Å². The van der Waals surface area contributed by atoms with Gasteiger partial charge in [0.25, 0.3) is 17.8 Å². The normalized spacial score (nSPS) is 12.1. The standard InChI is InChI=1S/C22H26F2O5.C21H24F2O5.C20H25F5O5/c1-5-21(2,3)20(26)28-12-15-6-7-17-11-18(9-8-16(17)10-15)27-13-19(25)29-14-22(4,23)24;1-5-20(2,3)19(25)28-17-11-7-8-14-15(17)9-6-10-16(14)26-12-18(24)27-13-21(4,22)23;1-4-18(2,3)17(27)30-15-8-6-14(7-9-15)29-12-16(26)28-11-5-10-19(21,22)13-20(23,24)25/h6-11H,5,12-14H2,1-4H3;6-11H,5,12-13H2,1-4H3;6-9H,4-5,10-13H2,1-3H3. The largest absolute Gasteiger partial charge is 0.482 e. The predicted octanol–water partition coefficient (Wildman–Crippen LogP) is 15.0. The number of hydrogen-bond acceptors (Lipinski definition) is 15. The lowest BCUT2D eigenvalue weighted by molar-refractivity contribution is -0.190. The third kappa shape index (κ3) is 27.2. The summed E-state index contributed by atoms with van der Waals surface area (Å²) >= 11 is 0. The van der Waals surface area contributed by atoms with Gasteiger partial charge in [0.1, 0.15) is 41.8 Å². The Bertz CT molecular complexity index is 3070. The minimum atomic E-state index is -4.96. The highest BCUT2D eigenvalue weighted by molar-refractivity contribution is 5.95. The SMILES string of the molecule is CCC(C)(C)C(=O)OCc1ccc2cc(OCC(=O)OCC(C)(F)F)ccc2c1.CCC(C)(C)C(=O)Oc1ccc(OCC(=O)OCCCC(F)(F)CC(F)(F)F)cc1.CCC(C)(C)C(=O)Oc1cccc2c(OCC(=O)OCC(C)(F)F)cccc12. The lowest BCUT2D eigenvalue weighted by atomic mass is 9.90. The topological polar surface area (TPSA) is 185 Å². The van der Waals surface area contributed by atoms with Crippen LogP contribution < -0.4 is 23.7 Å². The third-order valence-electron chi connectivity index (χ3n) is 13.1. The maximum absolute atomic E-state index is 13.1. The van der Waals surface area contributed by atoms with E-state index >= 15 is 0 Å². The maximum Gasteiger partial charge on any atom is 0.394 e. The molecule has 5 aromatic rings. The van der Waals surface area contributed by atoms with E-state index in [1.807, 2.05) is 52.8 Å². The molecule has 15 nitrogen and oxygen atoms in total. The Kier molecular flexibility index (Phi) is 27.2. The molecule has 5 rings (SSSR count). The number of carbonyl (C=O) groups is 6. The molecule has 0 radical (unpaired) electrons. The van der Waals surface area contributed by atoms with Crippen LogP contribution in [0.15, 0.2) is 97.1 Å². The first-order valence-electron chi connectivity index (χ1n) is 27.6. The number of benzene rings is 5. The van der Waals surface area contributed by atoms with Crippen molar-refractivity contribution in [2.75, 3.05) is 39.6 Å². The predicted molar refractivity (Wildman–Crippen MR) is 303 cm³/mol. The van der Waals surface area contributed by atoms with Gasteiger partial charge in [-0.1, -0.05) is 63.2 Å². The van der Waals surface area contributed by atoms with Crippen LogP contribution in [-0.2, 0) is 54.3 Å². The molecule has 0 amide bonds. The second kappa shape index (κ2) is 32.3. The van der Waals surface area contributed by atoms with Crippen LogP contribution in [0.5, 0.6) is 28.7 Å². The van der Waals surface area contributed by atoms with Crippen LogP contribution in [0.4, 0.5) is 39.5 Å². The minimum Gasteiger partial charge on any atom is -0.482 e. The van der Waals surface area contributed by atoms with Crippen LogP contribution in [0.3, 0.4) is 0 Å². The Balaban J connectivity index is 0.000000342. The molecule has 0 aliphatic carbocycles. The molecule has 0 fully saturated rings. The summed E-state index contributed by atoms with van der Waals surface area (Å²) < 4.78 is 159. The number of alkyl halides is 9. The molecule has 0 saturated carbocycles. The fraction of sp³-hybridized carbons (Fsp3) is 0.492. The molecule has 5 aromatic carbocycles. The van der Waals surface area contributed by atoms with Gasteiger partial charge in [-0.15, -0.1) is 0 Å². The van der Waals surface area contributed by atoms with Crippen LogP contribution in [0, 0.1) is 16.2 Å². The Hall–Kier alpha value is -7.79. The average Bonchev–Trinajstić information content (AvgIpc) is 1.43. The zero-order valence-electron chi connectivity index (χ0n) is 50.5. The van der Waals surface area contributed by atoms with E-state index in [4.69, 9.17) is 28.4 Å². The number of carbonyl (C=O) groups excluding carboxylic acids is 6. The van der Waals surface area contributed by atoms with Gasteiger partial charge >= 0.3 is 42.0 Å². The van der Waals surface area contributed by atoms with Gasteiger partial charge in [0.05, 0.1) is 22.9 Å². The molecule has 24 heteroatoms. The number of esters is 6. The number of hydrogen-bond donors (Lipinski definition) is 0. The number of ether oxygens (including phenoxy) is 9. The highest BCUT2D eigenvalue weighted by atomic mass is 19.4. The monoisotopic (exact) mass is 1240 g/mol. The van der Waals surface area contributed by atoms with Gasteiger partial charge in [0.15, 0.2) is 33.0 Å². The molecule has 0 aromatic heterocycles. The van der Waals surface area contributed by atoms with E-state index in [9.17, 15) is 68.3 Å². The summed E-state index contributed by atoms with van der Waals surface area (Å²) in [6.45, 7) is 14.2. The van der Waals surface area contributed by atoms with Crippen LogP contribution in [0.25, 0.3) is 21.5 Å². The van der Waals surface area contributed by atoms with Crippen LogP contribution in [-0.4, -0.2) is 99.4 Å². The summed E-state index contributed by atoms with van der Waals surface area (Å²) in [6, 6.07) is 26.9. The quantitative estimate of drug-likeness (QED) is 0.0151. The van der Waals surface area contributed by atoms with Gasteiger partial charge in [-0.25, -0.2) is 40.7 Å². The molecule has 0 aliphatic rings. The average molecular weight is 1240 g/mol. The summed E-state index contributed by atoms with van der Waals surface area (Å²) in [4.78, 5) is 71.1. The Labute approximate surface area is 499 Å². The van der Waals surface area contributed by atoms with E-state index in [2.05, 4.69) is 14.2 Å². The highest BCUT2D eigenvalue weighted by Crippen LogP contribution is 2.36.